The van der Waals surface area contributed by atoms with Crippen LogP contribution in [0.5, 0.6) is 5.75 Å². The fraction of sp³-hybridized carbons (Fsp3) is 0.435. The first kappa shape index (κ1) is 24.5. The predicted molar refractivity (Wildman–Crippen MR) is 124 cm³/mol. The third kappa shape index (κ3) is 8.49. The Labute approximate surface area is 187 Å². The summed E-state index contributed by atoms with van der Waals surface area (Å²) in [6, 6.07) is 4.48. The monoisotopic (exact) mass is 446 g/mol. The number of phenolic OH excluding ortho intramolecular Hbond substituents is 1. The Morgan fingerprint density at radius 3 is 2.81 bits per heavy atom. The van der Waals surface area contributed by atoms with Crippen LogP contribution in [0.4, 0.5) is 0 Å². The zero-order valence-electron chi connectivity index (χ0n) is 17.9. The van der Waals surface area contributed by atoms with Gasteiger partial charge >= 0.3 is 5.97 Å². The molecule has 31 heavy (non-hydrogen) atoms. The molecule has 1 N–H and O–H groups in total. The molecule has 0 bridgehead atoms. The van der Waals surface area contributed by atoms with Gasteiger partial charge in [0.25, 0.3) is 5.91 Å². The number of phenols is 1. The number of amides is 1. The summed E-state index contributed by atoms with van der Waals surface area (Å²) in [5.41, 5.74) is 1.45. The highest BCUT2D eigenvalue weighted by Crippen LogP contribution is 2.19. The van der Waals surface area contributed by atoms with Crippen molar-refractivity contribution in [1.29, 1.82) is 0 Å². The lowest BCUT2D eigenvalue weighted by atomic mass is 10.0. The van der Waals surface area contributed by atoms with Gasteiger partial charge in [0.15, 0.2) is 6.61 Å². The van der Waals surface area contributed by atoms with Gasteiger partial charge in [0.2, 0.25) is 0 Å². The van der Waals surface area contributed by atoms with Crippen molar-refractivity contribution in [3.05, 3.63) is 54.1 Å². The van der Waals surface area contributed by atoms with Gasteiger partial charge in [-0.3, -0.25) is 4.79 Å². The van der Waals surface area contributed by atoms with E-state index in [4.69, 9.17) is 9.57 Å². The maximum Gasteiger partial charge on any atom is 0.338 e. The van der Waals surface area contributed by atoms with Gasteiger partial charge in [0.1, 0.15) is 5.75 Å². The third-order valence-corrected chi connectivity index (χ3v) is 5.46. The quantitative estimate of drug-likeness (QED) is 0.184. The number of carbonyl (C=O) groups excluding carboxylic acids is 2. The van der Waals surface area contributed by atoms with Gasteiger partial charge in [0.05, 0.1) is 17.9 Å². The molecule has 1 fully saturated rings. The lowest BCUT2D eigenvalue weighted by Gasteiger charge is -2.25. The molecule has 1 heterocycles. The van der Waals surface area contributed by atoms with Gasteiger partial charge in [0, 0.05) is 31.0 Å². The van der Waals surface area contributed by atoms with Gasteiger partial charge < -0.3 is 19.6 Å². The molecule has 0 aliphatic carbocycles. The van der Waals surface area contributed by atoms with Crippen molar-refractivity contribution < 1.29 is 24.3 Å². The van der Waals surface area contributed by atoms with E-state index in [1.807, 2.05) is 24.8 Å². The van der Waals surface area contributed by atoms with Gasteiger partial charge in [-0.15, -0.1) is 6.58 Å². The van der Waals surface area contributed by atoms with Crippen LogP contribution >= 0.6 is 11.8 Å². The molecule has 1 aromatic rings. The number of rotatable bonds is 11. The molecule has 1 amide bonds. The fourth-order valence-corrected chi connectivity index (χ4v) is 3.79. The van der Waals surface area contributed by atoms with E-state index in [1.165, 1.54) is 18.2 Å². The summed E-state index contributed by atoms with van der Waals surface area (Å²) in [4.78, 5) is 31.8. The van der Waals surface area contributed by atoms with Gasteiger partial charge in [-0.2, -0.15) is 11.8 Å². The number of nitrogens with zero attached hydrogens (tertiary/aromatic N) is 2. The Balaban J connectivity index is 2.10. The highest BCUT2D eigenvalue weighted by Gasteiger charge is 2.18. The molecule has 1 aliphatic rings. The Morgan fingerprint density at radius 2 is 2.10 bits per heavy atom. The van der Waals surface area contributed by atoms with Crippen molar-refractivity contribution in [3.63, 3.8) is 0 Å². The van der Waals surface area contributed by atoms with Crippen molar-refractivity contribution in [2.24, 2.45) is 5.16 Å². The first-order valence-corrected chi connectivity index (χ1v) is 11.5. The van der Waals surface area contributed by atoms with Crippen LogP contribution in [-0.4, -0.2) is 65.4 Å². The molecule has 0 spiro atoms. The van der Waals surface area contributed by atoms with Gasteiger partial charge in [-0.05, 0) is 42.7 Å². The summed E-state index contributed by atoms with van der Waals surface area (Å²) >= 11 is 1.83. The number of ether oxygens (including phenoxy) is 1. The lowest BCUT2D eigenvalue weighted by Crippen LogP contribution is -2.39. The van der Waals surface area contributed by atoms with Gasteiger partial charge in [-0.1, -0.05) is 24.2 Å². The van der Waals surface area contributed by atoms with E-state index < -0.39 is 5.97 Å². The van der Waals surface area contributed by atoms with E-state index in [9.17, 15) is 14.7 Å². The van der Waals surface area contributed by atoms with Gasteiger partial charge in [-0.25, -0.2) is 4.79 Å². The van der Waals surface area contributed by atoms with E-state index in [-0.39, 0.29) is 31.3 Å². The van der Waals surface area contributed by atoms with Crippen molar-refractivity contribution >= 4 is 29.4 Å². The topological polar surface area (TPSA) is 88.4 Å². The molecule has 0 saturated carbocycles. The maximum atomic E-state index is 12.4. The predicted octanol–water partition coefficient (Wildman–Crippen LogP) is 3.58. The van der Waals surface area contributed by atoms with E-state index in [0.29, 0.717) is 23.3 Å². The number of benzene rings is 1. The van der Waals surface area contributed by atoms with E-state index in [0.717, 1.165) is 31.0 Å². The van der Waals surface area contributed by atoms with Crippen LogP contribution in [-0.2, 0) is 20.8 Å². The lowest BCUT2D eigenvalue weighted by molar-refractivity contribution is -0.135. The van der Waals surface area contributed by atoms with E-state index >= 15 is 0 Å². The summed E-state index contributed by atoms with van der Waals surface area (Å²) in [7, 11) is 0. The number of carbonyl (C=O) groups is 2. The van der Waals surface area contributed by atoms with Crippen LogP contribution in [0.3, 0.4) is 0 Å². The highest BCUT2D eigenvalue weighted by atomic mass is 32.2. The van der Waals surface area contributed by atoms with Crippen LogP contribution in [0, 0.1) is 0 Å². The van der Waals surface area contributed by atoms with Crippen molar-refractivity contribution in [3.8, 4) is 5.75 Å². The molecular formula is C23H30N2O5S. The van der Waals surface area contributed by atoms with Crippen LogP contribution in [0.1, 0.15) is 35.7 Å². The van der Waals surface area contributed by atoms with Crippen LogP contribution in [0.25, 0.3) is 0 Å². The molecule has 8 heteroatoms. The minimum Gasteiger partial charge on any atom is -0.508 e. The van der Waals surface area contributed by atoms with E-state index in [2.05, 4.69) is 11.7 Å². The third-order valence-electron chi connectivity index (χ3n) is 4.52. The standard InChI is InChI=1S/C23H30N2O5S/c1-3-5-7-19(24-30-17-22(27)25-10-13-31-14-11-25)15-18-16-20(26)8-9-21(18)23(28)29-12-6-4-2/h4-5,7-9,16,26H,2-3,6,10-15,17H2,1H3/b7-5+,24-19+. The summed E-state index contributed by atoms with van der Waals surface area (Å²) in [5, 5.41) is 14.0. The number of hydrogen-bond donors (Lipinski definition) is 1. The minimum atomic E-state index is -0.477. The molecule has 0 radical (unpaired) electrons. The first-order chi connectivity index (χ1) is 15.0. The number of oxime groups is 1. The second-order valence-corrected chi connectivity index (χ2v) is 8.12. The average molecular weight is 447 g/mol. The molecule has 7 nitrogen and oxygen atoms in total. The average Bonchev–Trinajstić information content (AvgIpc) is 2.78. The summed E-state index contributed by atoms with van der Waals surface area (Å²) in [6.45, 7) is 7.14. The molecule has 0 aromatic heterocycles. The SMILES string of the molecule is C=CCCOC(=O)c1ccc(O)cc1CC(/C=C/CC)=N/OCC(=O)N1CCSCC1. The Morgan fingerprint density at radius 1 is 1.32 bits per heavy atom. The number of thioether (sulfide) groups is 1. The zero-order valence-corrected chi connectivity index (χ0v) is 18.7. The maximum absolute atomic E-state index is 12.4. The molecule has 0 atom stereocenters. The molecule has 168 valence electrons. The smallest absolute Gasteiger partial charge is 0.338 e. The summed E-state index contributed by atoms with van der Waals surface area (Å²) in [6.07, 6.45) is 6.97. The fourth-order valence-electron chi connectivity index (χ4n) is 2.88. The van der Waals surface area contributed by atoms with Crippen LogP contribution < -0.4 is 0 Å². The normalized spacial score (nSPS) is 14.5. The molecule has 1 aromatic carbocycles. The zero-order chi connectivity index (χ0) is 22.5. The van der Waals surface area contributed by atoms with E-state index in [1.54, 1.807) is 17.1 Å². The minimum absolute atomic E-state index is 0.0375. The number of esters is 1. The first-order valence-electron chi connectivity index (χ1n) is 10.4. The van der Waals surface area contributed by atoms with Crippen molar-refractivity contribution in [1.82, 2.24) is 4.90 Å². The largest absolute Gasteiger partial charge is 0.508 e. The Bertz CT molecular complexity index is 816. The summed E-state index contributed by atoms with van der Waals surface area (Å²) in [5.74, 6) is 1.34. The second-order valence-electron chi connectivity index (χ2n) is 6.89. The molecule has 2 rings (SSSR count). The molecule has 1 aliphatic heterocycles. The van der Waals surface area contributed by atoms with Crippen LogP contribution in [0.15, 0.2) is 48.2 Å². The van der Waals surface area contributed by atoms with Crippen LogP contribution in [0.2, 0.25) is 0 Å². The molecule has 1 saturated heterocycles. The summed E-state index contributed by atoms with van der Waals surface area (Å²) < 4.78 is 5.26. The molecular weight excluding hydrogens is 416 g/mol. The second kappa shape index (κ2) is 13.5. The molecule has 0 unspecified atom stereocenters. The number of aromatic hydroxyl groups is 1. The van der Waals surface area contributed by atoms with Crippen molar-refractivity contribution in [2.45, 2.75) is 26.2 Å². The Kier molecular flexibility index (Phi) is 10.7. The Hall–Kier alpha value is -2.74. The number of allylic oxidation sites excluding steroid dienone is 2. The highest BCUT2D eigenvalue weighted by molar-refractivity contribution is 7.99. The number of hydrogen-bond acceptors (Lipinski definition) is 7. The van der Waals surface area contributed by atoms with Crippen molar-refractivity contribution in [2.75, 3.05) is 37.8 Å².